The lowest BCUT2D eigenvalue weighted by Crippen LogP contribution is -2.56. The Kier molecular flexibility index (Phi) is 5.27. The molecule has 0 saturated carbocycles. The van der Waals surface area contributed by atoms with Gasteiger partial charge < -0.3 is 10.0 Å². The lowest BCUT2D eigenvalue weighted by molar-refractivity contribution is -0.136. The Bertz CT molecular complexity index is 470. The fraction of sp³-hybridized carbons (Fsp3) is 0.611. The molecule has 116 valence electrons. The Hall–Kier alpha value is -1.51. The number of carboxylic acid groups (broad SMARTS) is 1. The van der Waals surface area contributed by atoms with Gasteiger partial charge in [-0.05, 0) is 37.0 Å². The van der Waals surface area contributed by atoms with Gasteiger partial charge in [-0.15, -0.1) is 0 Å². The largest absolute Gasteiger partial charge is 0.481 e. The summed E-state index contributed by atoms with van der Waals surface area (Å²) in [6.07, 6.45) is 5.97. The maximum absolute atomic E-state index is 10.7. The molecule has 3 nitrogen and oxygen atoms in total. The van der Waals surface area contributed by atoms with Crippen molar-refractivity contribution in [2.24, 2.45) is 5.41 Å². The van der Waals surface area contributed by atoms with Gasteiger partial charge in [0.15, 0.2) is 0 Å². The highest BCUT2D eigenvalue weighted by Crippen LogP contribution is 2.42. The Morgan fingerprint density at radius 2 is 1.90 bits per heavy atom. The van der Waals surface area contributed by atoms with E-state index in [-0.39, 0.29) is 6.42 Å². The van der Waals surface area contributed by atoms with E-state index in [2.05, 4.69) is 30.9 Å². The topological polar surface area (TPSA) is 40.5 Å². The molecule has 1 saturated heterocycles. The SMILES string of the molecule is CCCC1(CCC)CN(c2cccc(CCC(=O)O)c2)C1. The van der Waals surface area contributed by atoms with Crippen LogP contribution < -0.4 is 4.90 Å². The first-order valence-corrected chi connectivity index (χ1v) is 8.14. The number of aliphatic carboxylic acids is 1. The monoisotopic (exact) mass is 289 g/mol. The van der Waals surface area contributed by atoms with Gasteiger partial charge in [-0.3, -0.25) is 4.79 Å². The van der Waals surface area contributed by atoms with Gasteiger partial charge in [0.25, 0.3) is 0 Å². The van der Waals surface area contributed by atoms with Crippen molar-refractivity contribution in [3.05, 3.63) is 29.8 Å². The van der Waals surface area contributed by atoms with Crippen LogP contribution in [0.15, 0.2) is 24.3 Å². The van der Waals surface area contributed by atoms with E-state index in [9.17, 15) is 4.79 Å². The first-order valence-electron chi connectivity index (χ1n) is 8.14. The number of rotatable bonds is 8. The van der Waals surface area contributed by atoms with Crippen molar-refractivity contribution in [3.8, 4) is 0 Å². The lowest BCUT2D eigenvalue weighted by Gasteiger charge is -2.52. The maximum atomic E-state index is 10.7. The number of carbonyl (C=O) groups is 1. The number of carboxylic acids is 1. The highest BCUT2D eigenvalue weighted by molar-refractivity contribution is 5.67. The van der Waals surface area contributed by atoms with E-state index in [0.717, 1.165) is 18.7 Å². The van der Waals surface area contributed by atoms with E-state index in [1.54, 1.807) is 0 Å². The van der Waals surface area contributed by atoms with Crippen molar-refractivity contribution in [2.45, 2.75) is 52.4 Å². The quantitative estimate of drug-likeness (QED) is 0.783. The van der Waals surface area contributed by atoms with E-state index in [0.29, 0.717) is 11.8 Å². The molecule has 1 aromatic rings. The van der Waals surface area contributed by atoms with E-state index in [1.165, 1.54) is 31.4 Å². The van der Waals surface area contributed by atoms with Crippen LogP contribution >= 0.6 is 0 Å². The van der Waals surface area contributed by atoms with Crippen LogP contribution in [0.3, 0.4) is 0 Å². The maximum Gasteiger partial charge on any atom is 0.303 e. The zero-order chi connectivity index (χ0) is 15.3. The van der Waals surface area contributed by atoms with Crippen LogP contribution in [0, 0.1) is 5.41 Å². The summed E-state index contributed by atoms with van der Waals surface area (Å²) in [5.74, 6) is -0.728. The third-order valence-corrected chi connectivity index (χ3v) is 4.52. The minimum absolute atomic E-state index is 0.207. The highest BCUT2D eigenvalue weighted by Gasteiger charge is 2.41. The molecule has 0 aromatic heterocycles. The van der Waals surface area contributed by atoms with Crippen molar-refractivity contribution in [3.63, 3.8) is 0 Å². The van der Waals surface area contributed by atoms with Crippen LogP contribution in [-0.4, -0.2) is 24.2 Å². The minimum atomic E-state index is -0.728. The smallest absolute Gasteiger partial charge is 0.303 e. The molecular weight excluding hydrogens is 262 g/mol. The number of benzene rings is 1. The third-order valence-electron chi connectivity index (χ3n) is 4.52. The van der Waals surface area contributed by atoms with E-state index in [1.807, 2.05) is 12.1 Å². The van der Waals surface area contributed by atoms with Crippen LogP contribution in [0.4, 0.5) is 5.69 Å². The first-order chi connectivity index (χ1) is 10.1. The molecule has 1 aliphatic heterocycles. The van der Waals surface area contributed by atoms with Crippen molar-refractivity contribution >= 4 is 11.7 Å². The van der Waals surface area contributed by atoms with Gasteiger partial charge in [-0.1, -0.05) is 38.8 Å². The molecule has 3 heteroatoms. The molecule has 0 atom stereocenters. The fourth-order valence-electron chi connectivity index (χ4n) is 3.61. The number of hydrogen-bond donors (Lipinski definition) is 1. The van der Waals surface area contributed by atoms with Gasteiger partial charge >= 0.3 is 5.97 Å². The average molecular weight is 289 g/mol. The predicted molar refractivity (Wildman–Crippen MR) is 86.9 cm³/mol. The Balaban J connectivity index is 1.97. The molecule has 1 N–H and O–H groups in total. The van der Waals surface area contributed by atoms with Gasteiger partial charge in [-0.2, -0.15) is 0 Å². The fourth-order valence-corrected chi connectivity index (χ4v) is 3.61. The molecular formula is C18H27NO2. The summed E-state index contributed by atoms with van der Waals surface area (Å²) >= 11 is 0. The zero-order valence-corrected chi connectivity index (χ0v) is 13.3. The normalized spacial score (nSPS) is 16.6. The van der Waals surface area contributed by atoms with Crippen LogP contribution in [0.25, 0.3) is 0 Å². The molecule has 0 amide bonds. The summed E-state index contributed by atoms with van der Waals surface area (Å²) in [7, 11) is 0. The number of anilines is 1. The second kappa shape index (κ2) is 6.97. The van der Waals surface area contributed by atoms with Crippen molar-refractivity contribution in [2.75, 3.05) is 18.0 Å². The summed E-state index contributed by atoms with van der Waals surface area (Å²) in [6, 6.07) is 8.38. The van der Waals surface area contributed by atoms with Crippen LogP contribution in [-0.2, 0) is 11.2 Å². The Morgan fingerprint density at radius 3 is 2.48 bits per heavy atom. The number of aryl methyl sites for hydroxylation is 1. The van der Waals surface area contributed by atoms with Crippen molar-refractivity contribution in [1.29, 1.82) is 0 Å². The minimum Gasteiger partial charge on any atom is -0.481 e. The molecule has 1 heterocycles. The summed E-state index contributed by atoms with van der Waals surface area (Å²) in [5, 5.41) is 8.79. The summed E-state index contributed by atoms with van der Waals surface area (Å²) in [6.45, 7) is 6.84. The molecule has 1 aromatic carbocycles. The standard InChI is InChI=1S/C18H27NO2/c1-3-10-18(11-4-2)13-19(14-18)16-7-5-6-15(12-16)8-9-17(20)21/h5-7,12H,3-4,8-11,13-14H2,1-2H3,(H,20,21). The summed E-state index contributed by atoms with van der Waals surface area (Å²) < 4.78 is 0. The van der Waals surface area contributed by atoms with Gasteiger partial charge in [0.05, 0.1) is 0 Å². The van der Waals surface area contributed by atoms with Gasteiger partial charge in [-0.25, -0.2) is 0 Å². The molecule has 0 aliphatic carbocycles. The van der Waals surface area contributed by atoms with Gasteiger partial charge in [0.1, 0.15) is 0 Å². The van der Waals surface area contributed by atoms with E-state index < -0.39 is 5.97 Å². The van der Waals surface area contributed by atoms with Crippen LogP contribution in [0.2, 0.25) is 0 Å². The number of nitrogens with zero attached hydrogens (tertiary/aromatic N) is 1. The summed E-state index contributed by atoms with van der Waals surface area (Å²) in [4.78, 5) is 13.1. The average Bonchev–Trinajstić information content (AvgIpc) is 2.42. The van der Waals surface area contributed by atoms with Gasteiger partial charge in [0, 0.05) is 30.6 Å². The van der Waals surface area contributed by atoms with E-state index in [4.69, 9.17) is 5.11 Å². The van der Waals surface area contributed by atoms with E-state index >= 15 is 0 Å². The van der Waals surface area contributed by atoms with Crippen molar-refractivity contribution in [1.82, 2.24) is 0 Å². The Morgan fingerprint density at radius 1 is 1.24 bits per heavy atom. The second-order valence-corrected chi connectivity index (χ2v) is 6.42. The third kappa shape index (κ3) is 3.99. The summed E-state index contributed by atoms with van der Waals surface area (Å²) in [5.41, 5.74) is 2.89. The van der Waals surface area contributed by atoms with Crippen molar-refractivity contribution < 1.29 is 9.90 Å². The van der Waals surface area contributed by atoms with Crippen LogP contribution in [0.5, 0.6) is 0 Å². The molecule has 0 unspecified atom stereocenters. The molecule has 1 fully saturated rings. The first kappa shape index (κ1) is 15.9. The van der Waals surface area contributed by atoms with Crippen LogP contribution in [0.1, 0.15) is 51.5 Å². The molecule has 21 heavy (non-hydrogen) atoms. The molecule has 2 rings (SSSR count). The molecule has 1 aliphatic rings. The number of hydrogen-bond acceptors (Lipinski definition) is 2. The van der Waals surface area contributed by atoms with Gasteiger partial charge in [0.2, 0.25) is 0 Å². The molecule has 0 radical (unpaired) electrons. The molecule has 0 spiro atoms. The molecule has 0 bridgehead atoms. The lowest BCUT2D eigenvalue weighted by atomic mass is 9.72. The second-order valence-electron chi connectivity index (χ2n) is 6.42. The Labute approximate surface area is 128 Å². The zero-order valence-electron chi connectivity index (χ0n) is 13.3. The predicted octanol–water partition coefficient (Wildman–Crippen LogP) is 4.11. The highest BCUT2D eigenvalue weighted by atomic mass is 16.4.